The lowest BCUT2D eigenvalue weighted by molar-refractivity contribution is -0.144. The van der Waals surface area contributed by atoms with Crippen LogP contribution in [0.3, 0.4) is 0 Å². The minimum atomic E-state index is -0.869. The van der Waals surface area contributed by atoms with Gasteiger partial charge in [0.25, 0.3) is 0 Å². The molecule has 14 rings (SSSR count). The van der Waals surface area contributed by atoms with Crippen LogP contribution in [0.4, 0.5) is 0 Å². The first-order valence-electron chi connectivity index (χ1n) is 38.6. The summed E-state index contributed by atoms with van der Waals surface area (Å²) in [7, 11) is 10.8. The molecule has 6 aliphatic heterocycles. The van der Waals surface area contributed by atoms with Crippen LogP contribution in [0, 0.1) is 23.7 Å². The largest absolute Gasteiger partial charge is 0.497 e. The van der Waals surface area contributed by atoms with Crippen molar-refractivity contribution >= 4 is 29.8 Å². The number of benzene rings is 8. The summed E-state index contributed by atoms with van der Waals surface area (Å²) >= 11 is 0. The second-order valence-electron chi connectivity index (χ2n) is 28.9. The molecule has 0 spiro atoms. The number of likely N-dealkylation sites (N-methyl/N-ethyl adjacent to an activating group) is 3. The van der Waals surface area contributed by atoms with Gasteiger partial charge in [-0.25, -0.2) is 0 Å². The van der Waals surface area contributed by atoms with E-state index in [1.54, 1.807) is 21.3 Å². The molecular formula is C90H114N6O16. The number of nitrogens with zero attached hydrogens (tertiary/aromatic N) is 5. The van der Waals surface area contributed by atoms with Crippen molar-refractivity contribution in [1.82, 2.24) is 24.5 Å². The van der Waals surface area contributed by atoms with Gasteiger partial charge in [0.1, 0.15) is 17.2 Å². The van der Waals surface area contributed by atoms with Crippen LogP contribution in [-0.2, 0) is 30.4 Å². The molecule has 0 radical (unpaired) electrons. The topological polar surface area (TPSA) is 273 Å². The van der Waals surface area contributed by atoms with E-state index in [4.69, 9.17) is 38.9 Å². The minimum Gasteiger partial charge on any atom is -0.497 e. The maximum Gasteiger partial charge on any atom is 0.308 e. The second kappa shape index (κ2) is 44.5. The molecule has 4 saturated heterocycles. The van der Waals surface area contributed by atoms with Crippen molar-refractivity contribution < 1.29 is 77.6 Å². The molecule has 6 aliphatic rings. The van der Waals surface area contributed by atoms with Gasteiger partial charge in [-0.2, -0.15) is 0 Å². The van der Waals surface area contributed by atoms with Gasteiger partial charge in [-0.05, 0) is 157 Å². The highest BCUT2D eigenvalue weighted by Crippen LogP contribution is 2.45. The number of rotatable bonds is 22. The van der Waals surface area contributed by atoms with Crippen LogP contribution in [-0.4, -0.2) is 207 Å². The van der Waals surface area contributed by atoms with Gasteiger partial charge in [0.15, 0.2) is 23.0 Å². The van der Waals surface area contributed by atoms with E-state index in [9.17, 15) is 44.4 Å². The Morgan fingerprint density at radius 3 is 1.17 bits per heavy atom. The Bertz CT molecular complexity index is 3770. The monoisotopic (exact) mass is 1530 g/mol. The lowest BCUT2D eigenvalue weighted by Gasteiger charge is -2.30. The van der Waals surface area contributed by atoms with Crippen molar-refractivity contribution in [3.8, 4) is 40.2 Å². The number of carboxylic acid groups (broad SMARTS) is 4. The standard InChI is InChI=1S/C30H39N3O7.3C14H19NO3.3C6H6/c1-2-3-13-32(14-5-12-31)27(34)17-33-16-22(21-9-11-24-26(15-21)39-18-37-24)28(30(35)36)23(33)10-8-20-6-4-7-25-29(20)40-19-38-25;3*1-9-13(14(16)17)12(8-15(9)2)10-4-6-11(18-3)7-5-10;3*1-2-4-6-5-3-1/h4,6-7,9,11,15,22-23,28H,2-3,5,8,10,12-14,16-19,31H2,1H3,(H,35,36);3*4-7,9,12-13H,8H2,1-3H3,(H,16,17);3*1-6H/t22-,23+,28-;3*9-,12+,13-;;;/m1000.../s1. The van der Waals surface area contributed by atoms with Crippen LogP contribution >= 0.6 is 0 Å². The molecule has 112 heavy (non-hydrogen) atoms. The Balaban J connectivity index is 0.000000183. The Morgan fingerprint density at radius 2 is 0.795 bits per heavy atom. The van der Waals surface area contributed by atoms with Crippen molar-refractivity contribution in [1.29, 1.82) is 0 Å². The molecule has 22 nitrogen and oxygen atoms in total. The average Bonchev–Trinajstić information content (AvgIpc) is 1.61. The molecule has 0 aliphatic carbocycles. The summed E-state index contributed by atoms with van der Waals surface area (Å²) in [5.41, 5.74) is 10.8. The normalized spacial score (nSPS) is 22.5. The van der Waals surface area contributed by atoms with E-state index in [1.165, 1.54) is 0 Å². The number of carboxylic acids is 4. The third-order valence-electron chi connectivity index (χ3n) is 22.0. The van der Waals surface area contributed by atoms with Gasteiger partial charge in [-0.1, -0.05) is 177 Å². The molecule has 12 atom stereocenters. The molecule has 4 fully saturated rings. The van der Waals surface area contributed by atoms with Crippen molar-refractivity contribution in [3.05, 3.63) is 246 Å². The van der Waals surface area contributed by atoms with Crippen molar-refractivity contribution in [3.63, 3.8) is 0 Å². The maximum absolute atomic E-state index is 13.6. The molecule has 6 heterocycles. The average molecular weight is 1540 g/mol. The number of carbonyl (C=O) groups excluding carboxylic acids is 1. The van der Waals surface area contributed by atoms with Crippen molar-refractivity contribution in [2.24, 2.45) is 29.4 Å². The van der Waals surface area contributed by atoms with Crippen LogP contribution in [0.25, 0.3) is 0 Å². The molecule has 6 N–H and O–H groups in total. The zero-order valence-electron chi connectivity index (χ0n) is 66.3. The quantitative estimate of drug-likeness (QED) is 0.0422. The summed E-state index contributed by atoms with van der Waals surface area (Å²) in [4.78, 5) is 70.9. The third-order valence-corrected chi connectivity index (χ3v) is 22.0. The summed E-state index contributed by atoms with van der Waals surface area (Å²) in [6.45, 7) is 13.1. The summed E-state index contributed by atoms with van der Waals surface area (Å²) < 4.78 is 37.7. The van der Waals surface area contributed by atoms with E-state index < -0.39 is 29.8 Å². The lowest BCUT2D eigenvalue weighted by atomic mass is 9.83. The van der Waals surface area contributed by atoms with Crippen LogP contribution in [0.2, 0.25) is 0 Å². The number of para-hydroxylation sites is 1. The van der Waals surface area contributed by atoms with E-state index in [2.05, 4.69) is 26.5 Å². The van der Waals surface area contributed by atoms with Crippen LogP contribution < -0.4 is 38.9 Å². The number of unbranched alkanes of at least 4 members (excludes halogenated alkanes) is 1. The predicted molar refractivity (Wildman–Crippen MR) is 434 cm³/mol. The molecular weight excluding hydrogens is 1420 g/mol. The van der Waals surface area contributed by atoms with Crippen LogP contribution in [0.1, 0.15) is 105 Å². The first kappa shape index (κ1) is 87.1. The molecule has 0 aromatic heterocycles. The van der Waals surface area contributed by atoms with Gasteiger partial charge in [0.05, 0.1) is 51.5 Å². The molecule has 0 unspecified atom stereocenters. The first-order valence-corrected chi connectivity index (χ1v) is 38.6. The van der Waals surface area contributed by atoms with Crippen molar-refractivity contribution in [2.45, 2.75) is 108 Å². The van der Waals surface area contributed by atoms with E-state index in [-0.39, 0.29) is 91.6 Å². The molecule has 0 saturated carbocycles. The molecule has 1 amide bonds. The number of hydrogen-bond donors (Lipinski definition) is 5. The second-order valence-corrected chi connectivity index (χ2v) is 28.9. The molecule has 600 valence electrons. The van der Waals surface area contributed by atoms with Crippen molar-refractivity contribution in [2.75, 3.05) is 108 Å². The summed E-state index contributed by atoms with van der Waals surface area (Å²) in [6.07, 6.45) is 3.80. The van der Waals surface area contributed by atoms with Gasteiger partial charge in [-0.15, -0.1) is 0 Å². The highest BCUT2D eigenvalue weighted by molar-refractivity contribution is 5.79. The van der Waals surface area contributed by atoms with Gasteiger partial charge in [0, 0.05) is 87.1 Å². The zero-order valence-corrected chi connectivity index (χ0v) is 66.3. The summed E-state index contributed by atoms with van der Waals surface area (Å²) in [6, 6.07) is 70.4. The van der Waals surface area contributed by atoms with Crippen LogP contribution in [0.15, 0.2) is 218 Å². The fraction of sp³-hybridized carbons (Fsp3) is 0.411. The Morgan fingerprint density at radius 1 is 0.438 bits per heavy atom. The number of fused-ring (bicyclic) bond motifs is 2. The molecule has 0 bridgehead atoms. The Labute approximate surface area is 660 Å². The number of aliphatic carboxylic acids is 4. The lowest BCUT2D eigenvalue weighted by Crippen LogP contribution is -2.45. The molecule has 22 heteroatoms. The number of amides is 1. The smallest absolute Gasteiger partial charge is 0.308 e. The zero-order chi connectivity index (χ0) is 80.6. The number of ether oxygens (including phenoxy) is 7. The first-order chi connectivity index (χ1) is 54.1. The minimum absolute atomic E-state index is 0.0136. The maximum atomic E-state index is 13.6. The fourth-order valence-corrected chi connectivity index (χ4v) is 15.5. The van der Waals surface area contributed by atoms with E-state index in [0.29, 0.717) is 56.3 Å². The summed E-state index contributed by atoms with van der Waals surface area (Å²) in [5.74, 6) is 0.199. The Hall–Kier alpha value is -10.5. The number of aryl methyl sites for hydroxylation is 1. The predicted octanol–water partition coefficient (Wildman–Crippen LogP) is 13.7. The van der Waals surface area contributed by atoms with Crippen LogP contribution in [0.5, 0.6) is 40.2 Å². The molecule has 8 aromatic rings. The fourth-order valence-electron chi connectivity index (χ4n) is 15.5. The number of carbonyl (C=O) groups is 5. The summed E-state index contributed by atoms with van der Waals surface area (Å²) in [5, 5.41) is 38.7. The van der Waals surface area contributed by atoms with Gasteiger partial charge in [-0.3, -0.25) is 28.9 Å². The van der Waals surface area contributed by atoms with E-state index in [0.717, 1.165) is 89.7 Å². The third kappa shape index (κ3) is 24.3. The Kier molecular flexibility index (Phi) is 34.6. The van der Waals surface area contributed by atoms with Gasteiger partial charge >= 0.3 is 23.9 Å². The highest BCUT2D eigenvalue weighted by atomic mass is 16.7. The van der Waals surface area contributed by atoms with Gasteiger partial charge in [0.2, 0.25) is 19.5 Å². The number of methoxy groups -OCH3 is 3. The number of nitrogens with two attached hydrogens (primary N) is 1. The number of likely N-dealkylation sites (tertiary alicyclic amines) is 4. The highest BCUT2D eigenvalue weighted by Gasteiger charge is 2.49. The molecule has 8 aromatic carbocycles. The van der Waals surface area contributed by atoms with E-state index in [1.807, 2.05) is 265 Å². The van der Waals surface area contributed by atoms with Gasteiger partial charge < -0.3 is 78.9 Å². The van der Waals surface area contributed by atoms with E-state index >= 15 is 0 Å². The SMILES string of the molecule is CCCCN(CCCN)C(=O)CN1C[C@H](c2ccc3c(c2)OCO3)[C@@H](C(=O)O)[C@@H]1CCc1cccc2c1OCO2.COc1ccc([C@H]2CN(C)[C@@H](C)[C@@H]2C(=O)O)cc1.COc1ccc([C@H]2CN(C)[C@@H](C)[C@@H]2C(=O)O)cc1.COc1ccc([C@H]2CN(C)[C@@H](C)[C@@H]2C(=O)O)cc1.c1ccccc1.c1ccccc1.c1ccccc1. The number of hydrogen-bond acceptors (Lipinski definition) is 17.